The predicted molar refractivity (Wildman–Crippen MR) is 43.7 cm³/mol. The lowest BCUT2D eigenvalue weighted by Gasteiger charge is -2.28. The zero-order valence-corrected chi connectivity index (χ0v) is 7.60. The van der Waals surface area contributed by atoms with E-state index in [1.165, 1.54) is 0 Å². The monoisotopic (exact) mass is 179 g/mol. The van der Waals surface area contributed by atoms with Crippen LogP contribution in [0.25, 0.3) is 0 Å². The van der Waals surface area contributed by atoms with E-state index >= 15 is 0 Å². The fourth-order valence-corrected chi connectivity index (χ4v) is 0.852. The van der Waals surface area contributed by atoms with Gasteiger partial charge in [-0.2, -0.15) is 0 Å². The van der Waals surface area contributed by atoms with E-state index in [0.717, 1.165) is 0 Å². The second-order valence-electron chi connectivity index (χ2n) is 3.76. The fraction of sp³-hybridized carbons (Fsp3) is 0.875. The molecule has 2 nitrogen and oxygen atoms in total. The summed E-state index contributed by atoms with van der Waals surface area (Å²) in [4.78, 5) is 0. The zero-order valence-electron chi connectivity index (χ0n) is 7.60. The van der Waals surface area contributed by atoms with Crippen LogP contribution in [0.2, 0.25) is 0 Å². The summed E-state index contributed by atoms with van der Waals surface area (Å²) in [6, 6.07) is 0. The molecule has 0 aromatic rings. The molecule has 0 aromatic heterocycles. The predicted octanol–water partition coefficient (Wildman–Crippen LogP) is 2.54. The van der Waals surface area contributed by atoms with Gasteiger partial charge in [-0.1, -0.05) is 20.8 Å². The summed E-state index contributed by atoms with van der Waals surface area (Å²) in [6.07, 6.45) is -1.70. The Kier molecular flexibility index (Phi) is 4.13. The van der Waals surface area contributed by atoms with Crippen molar-refractivity contribution in [3.05, 3.63) is 0 Å². The molecule has 0 fully saturated rings. The largest absolute Gasteiger partial charge is 0.483 e. The van der Waals surface area contributed by atoms with Crippen LogP contribution >= 0.6 is 0 Å². The third-order valence-electron chi connectivity index (χ3n) is 1.78. The van der Waals surface area contributed by atoms with Crippen LogP contribution in [0.15, 0.2) is 0 Å². The molecule has 0 aliphatic heterocycles. The number of nitrogens with one attached hydrogen (secondary N) is 1. The van der Waals surface area contributed by atoms with Gasteiger partial charge in [-0.3, -0.25) is 5.41 Å². The molecule has 12 heavy (non-hydrogen) atoms. The fourth-order valence-electron chi connectivity index (χ4n) is 0.852. The van der Waals surface area contributed by atoms with E-state index in [9.17, 15) is 8.78 Å². The summed E-state index contributed by atoms with van der Waals surface area (Å²) in [5.74, 6) is -0.820. The van der Waals surface area contributed by atoms with Gasteiger partial charge in [0.1, 0.15) is 0 Å². The van der Waals surface area contributed by atoms with E-state index in [1.54, 1.807) is 20.8 Å². The van der Waals surface area contributed by atoms with Gasteiger partial charge in [0.25, 0.3) is 0 Å². The number of halogens is 2. The molecule has 1 atom stereocenters. The summed E-state index contributed by atoms with van der Waals surface area (Å²) in [6.45, 7) is 5.11. The summed E-state index contributed by atoms with van der Waals surface area (Å²) in [7, 11) is 0. The molecule has 0 bridgehead atoms. The summed E-state index contributed by atoms with van der Waals surface area (Å²) < 4.78 is 29.3. The second kappa shape index (κ2) is 4.38. The Morgan fingerprint density at radius 3 is 2.17 bits per heavy atom. The molecule has 0 amide bonds. The van der Waals surface area contributed by atoms with E-state index in [-0.39, 0.29) is 6.61 Å². The molecule has 1 N–H and O–H groups in total. The van der Waals surface area contributed by atoms with Crippen LogP contribution in [0.3, 0.4) is 0 Å². The van der Waals surface area contributed by atoms with Crippen molar-refractivity contribution in [3.63, 3.8) is 0 Å². The maximum atomic E-state index is 12.4. The van der Waals surface area contributed by atoms with Gasteiger partial charge in [0.2, 0.25) is 6.43 Å². The van der Waals surface area contributed by atoms with Crippen molar-refractivity contribution in [2.24, 2.45) is 11.3 Å². The molecule has 0 saturated carbocycles. The number of hydrogen-bond donors (Lipinski definition) is 1. The highest BCUT2D eigenvalue weighted by Crippen LogP contribution is 2.30. The first-order valence-corrected chi connectivity index (χ1v) is 3.78. The second-order valence-corrected chi connectivity index (χ2v) is 3.76. The quantitative estimate of drug-likeness (QED) is 0.522. The van der Waals surface area contributed by atoms with Crippen LogP contribution in [-0.4, -0.2) is 19.4 Å². The lowest BCUT2D eigenvalue weighted by molar-refractivity contribution is -0.0120. The maximum absolute atomic E-state index is 12.4. The third-order valence-corrected chi connectivity index (χ3v) is 1.78. The minimum absolute atomic E-state index is 0.0926. The molecule has 0 saturated heterocycles. The Hall–Kier alpha value is -0.670. The maximum Gasteiger partial charge on any atom is 0.245 e. The van der Waals surface area contributed by atoms with Crippen molar-refractivity contribution < 1.29 is 13.5 Å². The van der Waals surface area contributed by atoms with Gasteiger partial charge in [0.05, 0.1) is 12.5 Å². The number of rotatable bonds is 4. The van der Waals surface area contributed by atoms with Gasteiger partial charge < -0.3 is 4.74 Å². The highest BCUT2D eigenvalue weighted by Gasteiger charge is 2.32. The highest BCUT2D eigenvalue weighted by atomic mass is 19.3. The molecule has 72 valence electrons. The van der Waals surface area contributed by atoms with Crippen LogP contribution in [0.1, 0.15) is 20.8 Å². The Morgan fingerprint density at radius 1 is 1.42 bits per heavy atom. The normalized spacial score (nSPS) is 14.5. The van der Waals surface area contributed by atoms with Gasteiger partial charge in [0, 0.05) is 0 Å². The van der Waals surface area contributed by atoms with Crippen molar-refractivity contribution >= 4 is 6.40 Å². The number of alkyl halides is 2. The molecular weight excluding hydrogens is 164 g/mol. The van der Waals surface area contributed by atoms with Gasteiger partial charge in [-0.05, 0) is 5.41 Å². The van der Waals surface area contributed by atoms with Crippen molar-refractivity contribution in [3.8, 4) is 0 Å². The molecule has 1 unspecified atom stereocenters. The molecule has 4 heteroatoms. The molecule has 0 heterocycles. The zero-order chi connectivity index (χ0) is 9.78. The molecule has 0 aromatic carbocycles. The van der Waals surface area contributed by atoms with Crippen molar-refractivity contribution in [2.75, 3.05) is 6.61 Å². The first-order valence-electron chi connectivity index (χ1n) is 3.78. The average Bonchev–Trinajstić information content (AvgIpc) is 1.84. The van der Waals surface area contributed by atoms with Gasteiger partial charge in [-0.25, -0.2) is 8.78 Å². The van der Waals surface area contributed by atoms with Gasteiger partial charge in [-0.15, -0.1) is 0 Å². The van der Waals surface area contributed by atoms with E-state index in [0.29, 0.717) is 6.40 Å². The molecule has 0 aliphatic rings. The van der Waals surface area contributed by atoms with E-state index < -0.39 is 17.8 Å². The average molecular weight is 179 g/mol. The van der Waals surface area contributed by atoms with E-state index in [4.69, 9.17) is 5.41 Å². The smallest absolute Gasteiger partial charge is 0.245 e. The Labute approximate surface area is 71.4 Å². The molecule has 0 rings (SSSR count). The van der Waals surface area contributed by atoms with Crippen LogP contribution in [0, 0.1) is 16.7 Å². The van der Waals surface area contributed by atoms with Gasteiger partial charge >= 0.3 is 0 Å². The van der Waals surface area contributed by atoms with Crippen molar-refractivity contribution in [1.29, 1.82) is 5.41 Å². The van der Waals surface area contributed by atoms with Crippen LogP contribution in [-0.2, 0) is 4.74 Å². The topological polar surface area (TPSA) is 33.1 Å². The minimum Gasteiger partial charge on any atom is -0.483 e. The number of hydrogen-bond acceptors (Lipinski definition) is 2. The highest BCUT2D eigenvalue weighted by molar-refractivity contribution is 5.40. The Balaban J connectivity index is 4.14. The van der Waals surface area contributed by atoms with E-state index in [1.807, 2.05) is 0 Å². The molecule has 0 radical (unpaired) electrons. The SMILES string of the molecule is CC(C)(C)C(COC=N)C(F)F. The van der Waals surface area contributed by atoms with Crippen LogP contribution in [0.4, 0.5) is 8.78 Å². The van der Waals surface area contributed by atoms with E-state index in [2.05, 4.69) is 4.74 Å². The standard InChI is InChI=1S/C8H15F2NO/c1-8(2,3)6(7(9)10)4-12-5-11/h5-7,11H,4H2,1-3H3. The van der Waals surface area contributed by atoms with Gasteiger partial charge in [0.15, 0.2) is 6.40 Å². The summed E-state index contributed by atoms with van der Waals surface area (Å²) >= 11 is 0. The Morgan fingerprint density at radius 2 is 1.92 bits per heavy atom. The third kappa shape index (κ3) is 3.64. The summed E-state index contributed by atoms with van der Waals surface area (Å²) in [5.41, 5.74) is -0.489. The molecule has 0 aliphatic carbocycles. The molecular formula is C8H15F2NO. The summed E-state index contributed by atoms with van der Waals surface area (Å²) in [5, 5.41) is 6.55. The van der Waals surface area contributed by atoms with Crippen LogP contribution in [0.5, 0.6) is 0 Å². The molecule has 0 spiro atoms. The minimum atomic E-state index is -2.40. The Bertz CT molecular complexity index is 142. The van der Waals surface area contributed by atoms with Crippen molar-refractivity contribution in [1.82, 2.24) is 0 Å². The lowest BCUT2D eigenvalue weighted by Crippen LogP contribution is -2.31. The first-order chi connectivity index (χ1) is 5.39. The number of ether oxygens (including phenoxy) is 1. The first kappa shape index (κ1) is 11.3. The van der Waals surface area contributed by atoms with Crippen molar-refractivity contribution in [2.45, 2.75) is 27.2 Å². The lowest BCUT2D eigenvalue weighted by atomic mass is 9.81. The van der Waals surface area contributed by atoms with Crippen LogP contribution < -0.4 is 0 Å².